The Labute approximate surface area is 158 Å². The number of anilines is 2. The van der Waals surface area contributed by atoms with Gasteiger partial charge in [-0.15, -0.1) is 0 Å². The first-order valence-corrected chi connectivity index (χ1v) is 8.51. The van der Waals surface area contributed by atoms with Crippen molar-refractivity contribution in [3.63, 3.8) is 0 Å². The molecular weight excluding hydrogens is 378 g/mol. The molecular formula is C19H17F4N3O2. The second-order valence-electron chi connectivity index (χ2n) is 6.64. The van der Waals surface area contributed by atoms with E-state index in [-0.39, 0.29) is 24.3 Å². The zero-order chi connectivity index (χ0) is 20.3. The second-order valence-corrected chi connectivity index (χ2v) is 6.64. The van der Waals surface area contributed by atoms with Gasteiger partial charge in [0.05, 0.1) is 5.41 Å². The predicted octanol–water partition coefficient (Wildman–Crippen LogP) is 3.19. The summed E-state index contributed by atoms with van der Waals surface area (Å²) in [5.41, 5.74) is -0.990. The Kier molecular flexibility index (Phi) is 5.64. The smallest absolute Gasteiger partial charge is 0.232 e. The van der Waals surface area contributed by atoms with Crippen LogP contribution in [-0.2, 0) is 9.59 Å². The summed E-state index contributed by atoms with van der Waals surface area (Å²) in [5.74, 6) is -5.38. The quantitative estimate of drug-likeness (QED) is 0.681. The van der Waals surface area contributed by atoms with Crippen LogP contribution in [0.25, 0.3) is 0 Å². The molecule has 3 rings (SSSR count). The Hall–Kier alpha value is -2.94. The van der Waals surface area contributed by atoms with Gasteiger partial charge in [0.1, 0.15) is 0 Å². The molecule has 2 amide bonds. The summed E-state index contributed by atoms with van der Waals surface area (Å²) in [6.45, 7) is 0.692. The van der Waals surface area contributed by atoms with Crippen LogP contribution in [0, 0.1) is 28.7 Å². The molecule has 148 valence electrons. The van der Waals surface area contributed by atoms with Crippen molar-refractivity contribution in [1.82, 2.24) is 5.32 Å². The van der Waals surface area contributed by atoms with Crippen LogP contribution in [-0.4, -0.2) is 24.9 Å². The van der Waals surface area contributed by atoms with Crippen molar-refractivity contribution in [2.45, 2.75) is 12.8 Å². The Balaban J connectivity index is 1.71. The number of amides is 2. The van der Waals surface area contributed by atoms with Gasteiger partial charge < -0.3 is 16.0 Å². The van der Waals surface area contributed by atoms with Crippen molar-refractivity contribution in [3.8, 4) is 0 Å². The summed E-state index contributed by atoms with van der Waals surface area (Å²) in [6.07, 6.45) is 0.113. The van der Waals surface area contributed by atoms with Gasteiger partial charge in [-0.2, -0.15) is 0 Å². The van der Waals surface area contributed by atoms with Crippen LogP contribution in [0.15, 0.2) is 36.4 Å². The molecule has 0 saturated carbocycles. The van der Waals surface area contributed by atoms with Crippen LogP contribution in [0.1, 0.15) is 12.8 Å². The van der Waals surface area contributed by atoms with Gasteiger partial charge in [-0.3, -0.25) is 9.59 Å². The monoisotopic (exact) mass is 395 g/mol. The van der Waals surface area contributed by atoms with Crippen LogP contribution in [0.2, 0.25) is 0 Å². The van der Waals surface area contributed by atoms with E-state index in [4.69, 9.17) is 0 Å². The Morgan fingerprint density at radius 2 is 1.46 bits per heavy atom. The van der Waals surface area contributed by atoms with Crippen LogP contribution in [0.3, 0.4) is 0 Å². The Morgan fingerprint density at radius 3 is 1.96 bits per heavy atom. The minimum Gasteiger partial charge on any atom is -0.326 e. The molecule has 1 aliphatic rings. The number of hydrogen-bond donors (Lipinski definition) is 3. The highest BCUT2D eigenvalue weighted by atomic mass is 19.2. The molecule has 2 aromatic carbocycles. The number of rotatable bonds is 5. The molecule has 0 aromatic heterocycles. The number of benzene rings is 2. The molecule has 28 heavy (non-hydrogen) atoms. The average molecular weight is 395 g/mol. The Morgan fingerprint density at radius 1 is 0.893 bits per heavy atom. The third-order valence-electron chi connectivity index (χ3n) is 4.61. The van der Waals surface area contributed by atoms with E-state index in [0.717, 1.165) is 24.3 Å². The fraction of sp³-hybridized carbons (Fsp3) is 0.263. The lowest BCUT2D eigenvalue weighted by atomic mass is 9.82. The topological polar surface area (TPSA) is 70.2 Å². The minimum absolute atomic E-state index is 0.0611. The van der Waals surface area contributed by atoms with Gasteiger partial charge >= 0.3 is 0 Å². The lowest BCUT2D eigenvalue weighted by molar-refractivity contribution is -0.129. The zero-order valence-electron chi connectivity index (χ0n) is 14.6. The maximum Gasteiger partial charge on any atom is 0.232 e. The van der Waals surface area contributed by atoms with Gasteiger partial charge in [0, 0.05) is 36.5 Å². The highest BCUT2D eigenvalue weighted by molar-refractivity contribution is 6.01. The lowest BCUT2D eigenvalue weighted by Crippen LogP contribution is -2.41. The standard InChI is InChI=1S/C19H17F4N3O2/c20-13-3-1-11(7-15(13)22)25-17(27)9-19(5-6-24-10-19)18(28)26-12-2-4-14(21)16(23)8-12/h1-4,7-8,24H,5-6,9-10H2,(H,25,27)(H,26,28). The third-order valence-corrected chi connectivity index (χ3v) is 4.61. The zero-order valence-corrected chi connectivity index (χ0v) is 14.6. The lowest BCUT2D eigenvalue weighted by Gasteiger charge is -2.26. The van der Waals surface area contributed by atoms with Crippen LogP contribution < -0.4 is 16.0 Å². The summed E-state index contributed by atoms with van der Waals surface area (Å²) in [4.78, 5) is 25.1. The molecule has 9 heteroatoms. The first kappa shape index (κ1) is 19.8. The van der Waals surface area contributed by atoms with E-state index < -0.39 is 40.5 Å². The van der Waals surface area contributed by atoms with E-state index in [1.807, 2.05) is 0 Å². The van der Waals surface area contributed by atoms with Crippen molar-refractivity contribution >= 4 is 23.2 Å². The van der Waals surface area contributed by atoms with Crippen molar-refractivity contribution < 1.29 is 27.2 Å². The molecule has 0 aliphatic carbocycles. The van der Waals surface area contributed by atoms with Gasteiger partial charge in [-0.25, -0.2) is 17.6 Å². The second kappa shape index (κ2) is 7.97. The van der Waals surface area contributed by atoms with E-state index in [1.54, 1.807) is 0 Å². The van der Waals surface area contributed by atoms with Gasteiger partial charge in [-0.1, -0.05) is 0 Å². The molecule has 1 unspecified atom stereocenters. The maximum absolute atomic E-state index is 13.4. The number of carbonyl (C=O) groups is 2. The molecule has 0 spiro atoms. The van der Waals surface area contributed by atoms with E-state index >= 15 is 0 Å². The van der Waals surface area contributed by atoms with Gasteiger partial charge in [-0.05, 0) is 37.2 Å². The minimum atomic E-state index is -1.12. The number of hydrogen-bond acceptors (Lipinski definition) is 3. The molecule has 3 N–H and O–H groups in total. The normalized spacial score (nSPS) is 18.7. The summed E-state index contributed by atoms with van der Waals surface area (Å²) >= 11 is 0. The molecule has 1 atom stereocenters. The van der Waals surface area contributed by atoms with E-state index in [2.05, 4.69) is 16.0 Å². The van der Waals surface area contributed by atoms with Gasteiger partial charge in [0.2, 0.25) is 11.8 Å². The van der Waals surface area contributed by atoms with Crippen molar-refractivity contribution in [1.29, 1.82) is 0 Å². The molecule has 5 nitrogen and oxygen atoms in total. The van der Waals surface area contributed by atoms with E-state index in [0.29, 0.717) is 13.0 Å². The first-order valence-electron chi connectivity index (χ1n) is 8.51. The molecule has 2 aromatic rings. The summed E-state index contributed by atoms with van der Waals surface area (Å²) < 4.78 is 52.7. The van der Waals surface area contributed by atoms with E-state index in [1.165, 1.54) is 12.1 Å². The Bertz CT molecular complexity index is 914. The fourth-order valence-electron chi connectivity index (χ4n) is 3.09. The summed E-state index contributed by atoms with van der Waals surface area (Å²) in [7, 11) is 0. The highest BCUT2D eigenvalue weighted by Gasteiger charge is 2.43. The van der Waals surface area contributed by atoms with Crippen molar-refractivity contribution in [3.05, 3.63) is 59.7 Å². The third kappa shape index (κ3) is 4.30. The molecule has 0 bridgehead atoms. The molecule has 1 saturated heterocycles. The fourth-order valence-corrected chi connectivity index (χ4v) is 3.09. The number of halogens is 4. The summed E-state index contributed by atoms with van der Waals surface area (Å²) in [5, 5.41) is 7.94. The van der Waals surface area contributed by atoms with Gasteiger partial charge in [0.15, 0.2) is 23.3 Å². The average Bonchev–Trinajstić information content (AvgIpc) is 3.11. The number of nitrogens with one attached hydrogen (secondary N) is 3. The van der Waals surface area contributed by atoms with E-state index in [9.17, 15) is 27.2 Å². The van der Waals surface area contributed by atoms with Crippen molar-refractivity contribution in [2.75, 3.05) is 23.7 Å². The summed E-state index contributed by atoms with van der Waals surface area (Å²) in [6, 6.07) is 5.89. The van der Waals surface area contributed by atoms with Crippen LogP contribution >= 0.6 is 0 Å². The predicted molar refractivity (Wildman–Crippen MR) is 94.5 cm³/mol. The molecule has 1 aliphatic heterocycles. The van der Waals surface area contributed by atoms with Gasteiger partial charge in [0.25, 0.3) is 0 Å². The van der Waals surface area contributed by atoms with Crippen LogP contribution in [0.5, 0.6) is 0 Å². The molecule has 1 heterocycles. The highest BCUT2D eigenvalue weighted by Crippen LogP contribution is 2.32. The number of carbonyl (C=O) groups excluding carboxylic acids is 2. The van der Waals surface area contributed by atoms with Crippen molar-refractivity contribution in [2.24, 2.45) is 5.41 Å². The largest absolute Gasteiger partial charge is 0.326 e. The SMILES string of the molecule is O=C(CC1(C(=O)Nc2ccc(F)c(F)c2)CCNC1)Nc1ccc(F)c(F)c1. The van der Waals surface area contributed by atoms with Crippen LogP contribution in [0.4, 0.5) is 28.9 Å². The molecule has 1 fully saturated rings. The first-order chi connectivity index (χ1) is 13.3. The molecule has 0 radical (unpaired) electrons. The maximum atomic E-state index is 13.4.